The van der Waals surface area contributed by atoms with Crippen molar-refractivity contribution in [2.45, 2.75) is 6.42 Å². The van der Waals surface area contributed by atoms with E-state index < -0.39 is 5.91 Å². The molecule has 0 aliphatic heterocycles. The van der Waals surface area contributed by atoms with Gasteiger partial charge >= 0.3 is 0 Å². The molecule has 22 heavy (non-hydrogen) atoms. The van der Waals surface area contributed by atoms with Crippen LogP contribution in [0.5, 0.6) is 5.75 Å². The summed E-state index contributed by atoms with van der Waals surface area (Å²) in [5, 5.41) is 0. The summed E-state index contributed by atoms with van der Waals surface area (Å²) >= 11 is 0. The zero-order valence-electron chi connectivity index (χ0n) is 12.1. The molecule has 2 N–H and O–H groups in total. The van der Waals surface area contributed by atoms with Crippen molar-refractivity contribution < 1.29 is 14.3 Å². The van der Waals surface area contributed by atoms with Gasteiger partial charge in [-0.2, -0.15) is 0 Å². The third kappa shape index (κ3) is 4.63. The largest absolute Gasteiger partial charge is 0.484 e. The number of amides is 2. The number of benzene rings is 2. The molecule has 0 aromatic heterocycles. The van der Waals surface area contributed by atoms with Crippen LogP contribution < -0.4 is 15.4 Å². The summed E-state index contributed by atoms with van der Waals surface area (Å²) in [6.07, 6.45) is 0.103. The highest BCUT2D eigenvalue weighted by Crippen LogP contribution is 2.15. The van der Waals surface area contributed by atoms with E-state index in [-0.39, 0.29) is 25.5 Å². The number of rotatable bonds is 7. The SMILES string of the molecule is NC(=O)CCN(C(=O)COc1ccccc1)c1ccccc1. The Labute approximate surface area is 129 Å². The Balaban J connectivity index is 2.04. The molecule has 0 aliphatic rings. The Hall–Kier alpha value is -2.82. The second-order valence-corrected chi connectivity index (χ2v) is 4.70. The van der Waals surface area contributed by atoms with E-state index in [1.54, 1.807) is 24.3 Å². The van der Waals surface area contributed by atoms with Gasteiger partial charge in [0.25, 0.3) is 5.91 Å². The normalized spacial score (nSPS) is 10.0. The molecule has 0 aliphatic carbocycles. The fourth-order valence-corrected chi connectivity index (χ4v) is 1.97. The summed E-state index contributed by atoms with van der Waals surface area (Å²) in [6, 6.07) is 18.2. The van der Waals surface area contributed by atoms with Crippen LogP contribution in [0, 0.1) is 0 Å². The topological polar surface area (TPSA) is 72.6 Å². The number of hydrogen-bond acceptors (Lipinski definition) is 3. The van der Waals surface area contributed by atoms with Crippen molar-refractivity contribution in [1.82, 2.24) is 0 Å². The number of anilines is 1. The second-order valence-electron chi connectivity index (χ2n) is 4.70. The molecule has 2 amide bonds. The molecule has 114 valence electrons. The van der Waals surface area contributed by atoms with Gasteiger partial charge in [0.15, 0.2) is 6.61 Å². The maximum absolute atomic E-state index is 12.4. The highest BCUT2D eigenvalue weighted by Gasteiger charge is 2.16. The Morgan fingerprint density at radius 1 is 0.955 bits per heavy atom. The lowest BCUT2D eigenvalue weighted by molar-refractivity contribution is -0.120. The molecule has 0 fully saturated rings. The zero-order chi connectivity index (χ0) is 15.8. The first-order chi connectivity index (χ1) is 10.7. The lowest BCUT2D eigenvalue weighted by atomic mass is 10.2. The van der Waals surface area contributed by atoms with E-state index in [0.717, 1.165) is 0 Å². The molecule has 2 aromatic rings. The van der Waals surface area contributed by atoms with E-state index in [1.807, 2.05) is 36.4 Å². The molecule has 0 radical (unpaired) electrons. The highest BCUT2D eigenvalue weighted by molar-refractivity contribution is 5.95. The van der Waals surface area contributed by atoms with Crippen LogP contribution in [0.2, 0.25) is 0 Å². The van der Waals surface area contributed by atoms with Gasteiger partial charge in [-0.1, -0.05) is 36.4 Å². The van der Waals surface area contributed by atoms with E-state index in [2.05, 4.69) is 0 Å². The molecule has 2 aromatic carbocycles. The van der Waals surface area contributed by atoms with Crippen LogP contribution in [0.3, 0.4) is 0 Å². The maximum atomic E-state index is 12.4. The van der Waals surface area contributed by atoms with E-state index >= 15 is 0 Å². The Kier molecular flexibility index (Phi) is 5.54. The fraction of sp³-hybridized carbons (Fsp3) is 0.176. The van der Waals surface area contributed by atoms with Crippen LogP contribution in [0.15, 0.2) is 60.7 Å². The van der Waals surface area contributed by atoms with Gasteiger partial charge in [0.05, 0.1) is 0 Å². The lowest BCUT2D eigenvalue weighted by Gasteiger charge is -2.22. The van der Waals surface area contributed by atoms with E-state index in [1.165, 1.54) is 4.90 Å². The summed E-state index contributed by atoms with van der Waals surface area (Å²) in [4.78, 5) is 24.9. The number of nitrogens with zero attached hydrogens (tertiary/aromatic N) is 1. The van der Waals surface area contributed by atoms with Crippen molar-refractivity contribution in [2.24, 2.45) is 5.73 Å². The number of nitrogens with two attached hydrogens (primary N) is 1. The number of primary amides is 1. The number of hydrogen-bond donors (Lipinski definition) is 1. The molecule has 0 spiro atoms. The smallest absolute Gasteiger partial charge is 0.264 e. The number of carbonyl (C=O) groups is 2. The predicted octanol–water partition coefficient (Wildman–Crippen LogP) is 1.97. The number of para-hydroxylation sites is 2. The number of carbonyl (C=O) groups excluding carboxylic acids is 2. The third-order valence-corrected chi connectivity index (χ3v) is 3.06. The van der Waals surface area contributed by atoms with Gasteiger partial charge in [0.2, 0.25) is 5.91 Å². The van der Waals surface area contributed by atoms with Crippen LogP contribution in [-0.4, -0.2) is 25.0 Å². The molecule has 0 bridgehead atoms. The summed E-state index contributed by atoms with van der Waals surface area (Å²) in [7, 11) is 0. The summed E-state index contributed by atoms with van der Waals surface area (Å²) in [5.41, 5.74) is 5.89. The Bertz CT molecular complexity index is 614. The van der Waals surface area contributed by atoms with Crippen LogP contribution in [-0.2, 0) is 9.59 Å². The minimum Gasteiger partial charge on any atom is -0.484 e. The maximum Gasteiger partial charge on any atom is 0.264 e. The molecular formula is C17H18N2O3. The molecule has 0 heterocycles. The summed E-state index contributed by atoms with van der Waals surface area (Å²) in [5.74, 6) is -0.0484. The van der Waals surface area contributed by atoms with Gasteiger partial charge in [-0.05, 0) is 24.3 Å². The average molecular weight is 298 g/mol. The van der Waals surface area contributed by atoms with Gasteiger partial charge in [-0.3, -0.25) is 9.59 Å². The molecule has 0 saturated carbocycles. The van der Waals surface area contributed by atoms with Gasteiger partial charge in [-0.15, -0.1) is 0 Å². The first kappa shape index (κ1) is 15.6. The van der Waals surface area contributed by atoms with E-state index in [0.29, 0.717) is 11.4 Å². The second kappa shape index (κ2) is 7.83. The van der Waals surface area contributed by atoms with Crippen molar-refractivity contribution in [1.29, 1.82) is 0 Å². The van der Waals surface area contributed by atoms with Crippen molar-refractivity contribution in [2.75, 3.05) is 18.1 Å². The monoisotopic (exact) mass is 298 g/mol. The molecular weight excluding hydrogens is 280 g/mol. The molecule has 5 nitrogen and oxygen atoms in total. The van der Waals surface area contributed by atoms with Crippen LogP contribution in [0.1, 0.15) is 6.42 Å². The van der Waals surface area contributed by atoms with Crippen LogP contribution >= 0.6 is 0 Å². The van der Waals surface area contributed by atoms with Crippen LogP contribution in [0.25, 0.3) is 0 Å². The molecule has 0 unspecified atom stereocenters. The average Bonchev–Trinajstić information content (AvgIpc) is 2.55. The van der Waals surface area contributed by atoms with Crippen molar-refractivity contribution in [3.63, 3.8) is 0 Å². The summed E-state index contributed by atoms with van der Waals surface area (Å²) < 4.78 is 5.47. The summed E-state index contributed by atoms with van der Waals surface area (Å²) in [6.45, 7) is 0.133. The van der Waals surface area contributed by atoms with Crippen LogP contribution in [0.4, 0.5) is 5.69 Å². The van der Waals surface area contributed by atoms with Gasteiger partial charge in [0, 0.05) is 18.7 Å². The van der Waals surface area contributed by atoms with E-state index in [9.17, 15) is 9.59 Å². The molecule has 2 rings (SSSR count). The molecule has 0 atom stereocenters. The van der Waals surface area contributed by atoms with Gasteiger partial charge in [-0.25, -0.2) is 0 Å². The minimum atomic E-state index is -0.447. The molecule has 5 heteroatoms. The number of ether oxygens (including phenoxy) is 1. The lowest BCUT2D eigenvalue weighted by Crippen LogP contribution is -2.37. The quantitative estimate of drug-likeness (QED) is 0.849. The zero-order valence-corrected chi connectivity index (χ0v) is 12.1. The Morgan fingerprint density at radius 3 is 2.14 bits per heavy atom. The fourth-order valence-electron chi connectivity index (χ4n) is 1.97. The van der Waals surface area contributed by atoms with Crippen molar-refractivity contribution in [3.05, 3.63) is 60.7 Å². The van der Waals surface area contributed by atoms with E-state index in [4.69, 9.17) is 10.5 Å². The predicted molar refractivity (Wildman–Crippen MR) is 84.5 cm³/mol. The Morgan fingerprint density at radius 2 is 1.55 bits per heavy atom. The van der Waals surface area contributed by atoms with Crippen molar-refractivity contribution in [3.8, 4) is 5.75 Å². The highest BCUT2D eigenvalue weighted by atomic mass is 16.5. The minimum absolute atomic E-state index is 0.0995. The van der Waals surface area contributed by atoms with Crippen molar-refractivity contribution >= 4 is 17.5 Å². The first-order valence-electron chi connectivity index (χ1n) is 6.98. The van der Waals surface area contributed by atoms with Gasteiger partial charge < -0.3 is 15.4 Å². The first-order valence-corrected chi connectivity index (χ1v) is 6.98. The standard InChI is InChI=1S/C17H18N2O3/c18-16(20)11-12-19(14-7-3-1-4-8-14)17(21)13-22-15-9-5-2-6-10-15/h1-10H,11-13H2,(H2,18,20). The molecule has 0 saturated heterocycles. The third-order valence-electron chi connectivity index (χ3n) is 3.06. The van der Waals surface area contributed by atoms with Gasteiger partial charge in [0.1, 0.15) is 5.75 Å².